The van der Waals surface area contributed by atoms with Crippen LogP contribution in [0.1, 0.15) is 37.0 Å². The second kappa shape index (κ2) is 6.35. The van der Waals surface area contributed by atoms with Crippen LogP contribution in [0.15, 0.2) is 42.7 Å². The van der Waals surface area contributed by atoms with E-state index in [-0.39, 0.29) is 11.4 Å². The van der Waals surface area contributed by atoms with Crippen LogP contribution in [-0.4, -0.2) is 21.4 Å². The molecule has 2 aromatic rings. The van der Waals surface area contributed by atoms with Gasteiger partial charge in [-0.2, -0.15) is 0 Å². The van der Waals surface area contributed by atoms with Crippen LogP contribution < -0.4 is 10.6 Å². The Morgan fingerprint density at radius 2 is 1.95 bits per heavy atom. The summed E-state index contributed by atoms with van der Waals surface area (Å²) in [6.07, 6.45) is 3.38. The van der Waals surface area contributed by atoms with Crippen molar-refractivity contribution in [2.75, 3.05) is 5.32 Å². The molecule has 2 aromatic heterocycles. The van der Waals surface area contributed by atoms with Gasteiger partial charge in [0.15, 0.2) is 0 Å². The van der Waals surface area contributed by atoms with E-state index in [1.165, 1.54) is 0 Å². The summed E-state index contributed by atoms with van der Waals surface area (Å²) in [5.41, 5.74) is 1.90. The van der Waals surface area contributed by atoms with E-state index >= 15 is 0 Å². The van der Waals surface area contributed by atoms with Crippen molar-refractivity contribution in [3.8, 4) is 0 Å². The maximum Gasteiger partial charge on any atom is 0.270 e. The molecule has 5 heteroatoms. The zero-order valence-electron chi connectivity index (χ0n) is 12.6. The molecular weight excluding hydrogens is 264 g/mol. The summed E-state index contributed by atoms with van der Waals surface area (Å²) >= 11 is 0. The summed E-state index contributed by atoms with van der Waals surface area (Å²) in [5, 5.41) is 6.13. The van der Waals surface area contributed by atoms with Crippen LogP contribution in [0.2, 0.25) is 0 Å². The fourth-order valence-electron chi connectivity index (χ4n) is 1.76. The third-order valence-electron chi connectivity index (χ3n) is 2.68. The second-order valence-electron chi connectivity index (χ2n) is 5.81. The second-order valence-corrected chi connectivity index (χ2v) is 5.81. The molecule has 0 saturated heterocycles. The molecule has 0 aliphatic rings. The van der Waals surface area contributed by atoms with Crippen LogP contribution in [0, 0.1) is 0 Å². The SMILES string of the molecule is CC(C)(C)NC(=O)c1cc(NCc2ccccn2)ccn1. The van der Waals surface area contributed by atoms with Gasteiger partial charge >= 0.3 is 0 Å². The molecular formula is C16H20N4O. The van der Waals surface area contributed by atoms with Crippen molar-refractivity contribution in [2.24, 2.45) is 0 Å². The fraction of sp³-hybridized carbons (Fsp3) is 0.312. The lowest BCUT2D eigenvalue weighted by atomic mass is 10.1. The van der Waals surface area contributed by atoms with Crippen molar-refractivity contribution < 1.29 is 4.79 Å². The first-order valence-electron chi connectivity index (χ1n) is 6.86. The third kappa shape index (κ3) is 4.87. The number of nitrogens with one attached hydrogen (secondary N) is 2. The molecule has 0 radical (unpaired) electrons. The van der Waals surface area contributed by atoms with E-state index in [1.54, 1.807) is 18.5 Å². The molecule has 0 aliphatic heterocycles. The number of carbonyl (C=O) groups excluding carboxylic acids is 1. The summed E-state index contributed by atoms with van der Waals surface area (Å²) in [6.45, 7) is 6.42. The highest BCUT2D eigenvalue weighted by Crippen LogP contribution is 2.10. The smallest absolute Gasteiger partial charge is 0.270 e. The van der Waals surface area contributed by atoms with Gasteiger partial charge in [-0.15, -0.1) is 0 Å². The van der Waals surface area contributed by atoms with Gasteiger partial charge < -0.3 is 10.6 Å². The number of hydrogen-bond acceptors (Lipinski definition) is 4. The maximum absolute atomic E-state index is 12.1. The number of amides is 1. The highest BCUT2D eigenvalue weighted by atomic mass is 16.2. The molecule has 1 amide bonds. The van der Waals surface area contributed by atoms with Crippen molar-refractivity contribution in [1.29, 1.82) is 0 Å². The van der Waals surface area contributed by atoms with Crippen LogP contribution >= 0.6 is 0 Å². The minimum absolute atomic E-state index is 0.177. The molecule has 2 N–H and O–H groups in total. The summed E-state index contributed by atoms with van der Waals surface area (Å²) in [5.74, 6) is -0.177. The molecule has 0 bridgehead atoms. The standard InChI is InChI=1S/C16H20N4O/c1-16(2,3)20-15(21)14-10-12(7-9-18-14)19-11-13-6-4-5-8-17-13/h4-10H,11H2,1-3H3,(H,18,19)(H,20,21). The first kappa shape index (κ1) is 15.0. The van der Waals surface area contributed by atoms with Crippen LogP contribution in [0.3, 0.4) is 0 Å². The largest absolute Gasteiger partial charge is 0.379 e. The number of rotatable bonds is 4. The summed E-state index contributed by atoms with van der Waals surface area (Å²) in [6, 6.07) is 9.34. The molecule has 5 nitrogen and oxygen atoms in total. The predicted molar refractivity (Wildman–Crippen MR) is 83.0 cm³/mol. The van der Waals surface area contributed by atoms with Gasteiger partial charge in [0.2, 0.25) is 0 Å². The zero-order valence-corrected chi connectivity index (χ0v) is 12.6. The highest BCUT2D eigenvalue weighted by molar-refractivity contribution is 5.93. The number of hydrogen-bond donors (Lipinski definition) is 2. The number of nitrogens with zero attached hydrogens (tertiary/aromatic N) is 2. The first-order chi connectivity index (χ1) is 9.94. The Bertz CT molecular complexity index is 605. The number of carbonyl (C=O) groups is 1. The van der Waals surface area contributed by atoms with E-state index in [0.717, 1.165) is 11.4 Å². The quantitative estimate of drug-likeness (QED) is 0.905. The Morgan fingerprint density at radius 1 is 1.14 bits per heavy atom. The van der Waals surface area contributed by atoms with Gasteiger partial charge in [0, 0.05) is 23.6 Å². The van der Waals surface area contributed by atoms with Gasteiger partial charge in [-0.05, 0) is 45.0 Å². The van der Waals surface area contributed by atoms with Gasteiger partial charge in [-0.25, -0.2) is 0 Å². The van der Waals surface area contributed by atoms with Crippen LogP contribution in [-0.2, 0) is 6.54 Å². The number of aromatic nitrogens is 2. The van der Waals surface area contributed by atoms with Crippen LogP contribution in [0.4, 0.5) is 5.69 Å². The van der Waals surface area contributed by atoms with Crippen LogP contribution in [0.25, 0.3) is 0 Å². The lowest BCUT2D eigenvalue weighted by Gasteiger charge is -2.20. The molecule has 0 aromatic carbocycles. The lowest BCUT2D eigenvalue weighted by molar-refractivity contribution is 0.0914. The van der Waals surface area contributed by atoms with Gasteiger partial charge in [-0.3, -0.25) is 14.8 Å². The van der Waals surface area contributed by atoms with Gasteiger partial charge in [0.25, 0.3) is 5.91 Å². The average Bonchev–Trinajstić information content (AvgIpc) is 2.45. The highest BCUT2D eigenvalue weighted by Gasteiger charge is 2.16. The van der Waals surface area contributed by atoms with E-state index in [0.29, 0.717) is 12.2 Å². The average molecular weight is 284 g/mol. The Kier molecular flexibility index (Phi) is 4.52. The Balaban J connectivity index is 2.02. The van der Waals surface area contributed by atoms with E-state index < -0.39 is 0 Å². The topological polar surface area (TPSA) is 66.9 Å². The lowest BCUT2D eigenvalue weighted by Crippen LogP contribution is -2.40. The Morgan fingerprint density at radius 3 is 2.62 bits per heavy atom. The van der Waals surface area contributed by atoms with Crippen molar-refractivity contribution in [1.82, 2.24) is 15.3 Å². The molecule has 0 spiro atoms. The molecule has 0 atom stereocenters. The molecule has 21 heavy (non-hydrogen) atoms. The monoisotopic (exact) mass is 284 g/mol. The molecule has 0 fully saturated rings. The molecule has 0 aliphatic carbocycles. The molecule has 110 valence electrons. The summed E-state index contributed by atoms with van der Waals surface area (Å²) < 4.78 is 0. The van der Waals surface area contributed by atoms with Gasteiger partial charge in [0.1, 0.15) is 5.69 Å². The molecule has 0 unspecified atom stereocenters. The van der Waals surface area contributed by atoms with Crippen molar-refractivity contribution in [2.45, 2.75) is 32.9 Å². The van der Waals surface area contributed by atoms with Crippen LogP contribution in [0.5, 0.6) is 0 Å². The predicted octanol–water partition coefficient (Wildman–Crippen LogP) is 2.62. The minimum atomic E-state index is -0.282. The summed E-state index contributed by atoms with van der Waals surface area (Å²) in [7, 11) is 0. The van der Waals surface area contributed by atoms with E-state index in [9.17, 15) is 4.79 Å². The summed E-state index contributed by atoms with van der Waals surface area (Å²) in [4.78, 5) is 20.4. The number of pyridine rings is 2. The Labute approximate surface area is 124 Å². The third-order valence-corrected chi connectivity index (χ3v) is 2.68. The minimum Gasteiger partial charge on any atom is -0.379 e. The Hall–Kier alpha value is -2.43. The van der Waals surface area contributed by atoms with Crippen molar-refractivity contribution in [3.05, 3.63) is 54.1 Å². The van der Waals surface area contributed by atoms with Crippen molar-refractivity contribution >= 4 is 11.6 Å². The first-order valence-corrected chi connectivity index (χ1v) is 6.86. The molecule has 2 rings (SSSR count). The maximum atomic E-state index is 12.1. The normalized spacial score (nSPS) is 11.0. The van der Waals surface area contributed by atoms with Crippen molar-refractivity contribution in [3.63, 3.8) is 0 Å². The molecule has 2 heterocycles. The zero-order chi connectivity index (χ0) is 15.3. The van der Waals surface area contributed by atoms with E-state index in [2.05, 4.69) is 20.6 Å². The van der Waals surface area contributed by atoms with Gasteiger partial charge in [0.05, 0.1) is 12.2 Å². The van der Waals surface area contributed by atoms with Gasteiger partial charge in [-0.1, -0.05) is 6.07 Å². The van der Waals surface area contributed by atoms with E-state index in [1.807, 2.05) is 45.0 Å². The molecule has 0 saturated carbocycles. The van der Waals surface area contributed by atoms with E-state index in [4.69, 9.17) is 0 Å². The number of anilines is 1. The fourth-order valence-corrected chi connectivity index (χ4v) is 1.76.